The second kappa shape index (κ2) is 6.64. The van der Waals surface area contributed by atoms with Crippen molar-refractivity contribution in [3.8, 4) is 0 Å². The van der Waals surface area contributed by atoms with E-state index in [0.29, 0.717) is 22.6 Å². The zero-order chi connectivity index (χ0) is 17.2. The molecule has 0 bridgehead atoms. The van der Waals surface area contributed by atoms with Gasteiger partial charge in [0, 0.05) is 16.7 Å². The Balaban J connectivity index is 3.25. The molecule has 0 saturated heterocycles. The highest BCUT2D eigenvalue weighted by atomic mass is 16.5. The van der Waals surface area contributed by atoms with E-state index in [4.69, 9.17) is 4.74 Å². The molecular formula is C19H28O3. The summed E-state index contributed by atoms with van der Waals surface area (Å²) < 4.78 is 5.11. The molecule has 1 aliphatic rings. The first-order valence-electron chi connectivity index (χ1n) is 7.76. The van der Waals surface area contributed by atoms with Crippen LogP contribution in [0.25, 0.3) is 0 Å². The van der Waals surface area contributed by atoms with Crippen LogP contribution in [0, 0.1) is 11.3 Å². The number of carbonyl (C=O) groups is 2. The molecule has 0 unspecified atom stereocenters. The molecular weight excluding hydrogens is 276 g/mol. The maximum absolute atomic E-state index is 12.7. The van der Waals surface area contributed by atoms with Gasteiger partial charge in [-0.05, 0) is 38.5 Å². The van der Waals surface area contributed by atoms with Gasteiger partial charge in [0.1, 0.15) is 0 Å². The van der Waals surface area contributed by atoms with Crippen LogP contribution in [0.4, 0.5) is 0 Å². The molecule has 0 amide bonds. The Labute approximate surface area is 134 Å². The minimum atomic E-state index is -0.381. The molecule has 0 aromatic carbocycles. The summed E-state index contributed by atoms with van der Waals surface area (Å²) in [4.78, 5) is 25.1. The van der Waals surface area contributed by atoms with Crippen LogP contribution in [0.1, 0.15) is 54.9 Å². The van der Waals surface area contributed by atoms with Gasteiger partial charge in [0.05, 0.1) is 7.11 Å². The van der Waals surface area contributed by atoms with E-state index >= 15 is 0 Å². The number of methoxy groups -OCH3 is 1. The van der Waals surface area contributed by atoms with E-state index in [9.17, 15) is 9.59 Å². The molecule has 0 atom stereocenters. The second-order valence-corrected chi connectivity index (χ2v) is 7.01. The molecule has 0 aromatic rings. The lowest BCUT2D eigenvalue weighted by molar-refractivity contribution is -0.119. The molecule has 3 heteroatoms. The highest BCUT2D eigenvalue weighted by Gasteiger charge is 2.38. The van der Waals surface area contributed by atoms with Crippen molar-refractivity contribution in [2.24, 2.45) is 11.3 Å². The van der Waals surface area contributed by atoms with E-state index in [-0.39, 0.29) is 22.7 Å². The van der Waals surface area contributed by atoms with Gasteiger partial charge in [-0.3, -0.25) is 9.59 Å². The average Bonchev–Trinajstić information content (AvgIpc) is 2.43. The first-order chi connectivity index (χ1) is 10.0. The van der Waals surface area contributed by atoms with Gasteiger partial charge in [0.25, 0.3) is 0 Å². The maximum Gasteiger partial charge on any atom is 0.224 e. The van der Waals surface area contributed by atoms with Gasteiger partial charge in [0.2, 0.25) is 5.78 Å². The Kier molecular flexibility index (Phi) is 5.55. The van der Waals surface area contributed by atoms with Crippen LogP contribution in [0.5, 0.6) is 0 Å². The summed E-state index contributed by atoms with van der Waals surface area (Å²) in [6.45, 7) is 13.8. The van der Waals surface area contributed by atoms with Crippen LogP contribution in [-0.2, 0) is 14.3 Å². The van der Waals surface area contributed by atoms with E-state index in [0.717, 1.165) is 6.42 Å². The molecule has 22 heavy (non-hydrogen) atoms. The largest absolute Gasteiger partial charge is 0.492 e. The van der Waals surface area contributed by atoms with Crippen molar-refractivity contribution in [2.45, 2.75) is 54.9 Å². The third-order valence-corrected chi connectivity index (χ3v) is 4.56. The second-order valence-electron chi connectivity index (χ2n) is 7.01. The van der Waals surface area contributed by atoms with Gasteiger partial charge in [-0.15, -0.1) is 0 Å². The molecule has 3 nitrogen and oxygen atoms in total. The number of ketones is 2. The van der Waals surface area contributed by atoms with Crippen molar-refractivity contribution in [1.82, 2.24) is 0 Å². The summed E-state index contributed by atoms with van der Waals surface area (Å²) in [7, 11) is 1.43. The lowest BCUT2D eigenvalue weighted by atomic mass is 9.72. The number of carbonyl (C=O) groups excluding carboxylic acids is 2. The standard InChI is InChI=1S/C19H28O3/c1-11(2)12(3)9-10-19(6,7)15-13(4)17(21)18(22-8)14(5)16(15)20/h9,11H,10H2,1-8H3/b12-9+. The number of hydrogen-bond acceptors (Lipinski definition) is 3. The van der Waals surface area contributed by atoms with Crippen molar-refractivity contribution in [1.29, 1.82) is 0 Å². The van der Waals surface area contributed by atoms with Gasteiger partial charge >= 0.3 is 0 Å². The number of allylic oxidation sites excluding steroid dienone is 5. The fourth-order valence-corrected chi connectivity index (χ4v) is 2.73. The summed E-state index contributed by atoms with van der Waals surface area (Å²) in [5.74, 6) is 0.411. The van der Waals surface area contributed by atoms with Crippen LogP contribution in [0.15, 0.2) is 34.1 Å². The molecule has 0 saturated carbocycles. The minimum Gasteiger partial charge on any atom is -0.492 e. The lowest BCUT2D eigenvalue weighted by Gasteiger charge is -2.31. The summed E-state index contributed by atoms with van der Waals surface area (Å²) in [6, 6.07) is 0. The van der Waals surface area contributed by atoms with Crippen LogP contribution >= 0.6 is 0 Å². The van der Waals surface area contributed by atoms with Crippen LogP contribution < -0.4 is 0 Å². The van der Waals surface area contributed by atoms with Crippen LogP contribution in [0.3, 0.4) is 0 Å². The van der Waals surface area contributed by atoms with E-state index in [1.54, 1.807) is 13.8 Å². The minimum absolute atomic E-state index is 0.0745. The van der Waals surface area contributed by atoms with E-state index in [2.05, 4.69) is 26.8 Å². The Morgan fingerprint density at radius 1 is 1.14 bits per heavy atom. The normalized spacial score (nSPS) is 17.8. The maximum atomic E-state index is 12.7. The summed E-state index contributed by atoms with van der Waals surface area (Å²) in [5, 5.41) is 0. The van der Waals surface area contributed by atoms with E-state index < -0.39 is 0 Å². The third kappa shape index (κ3) is 3.40. The molecule has 0 N–H and O–H groups in total. The van der Waals surface area contributed by atoms with Crippen molar-refractivity contribution in [3.63, 3.8) is 0 Å². The zero-order valence-electron chi connectivity index (χ0n) is 15.1. The predicted octanol–water partition coefficient (Wildman–Crippen LogP) is 4.39. The lowest BCUT2D eigenvalue weighted by Crippen LogP contribution is -2.31. The molecule has 0 fully saturated rings. The van der Waals surface area contributed by atoms with Crippen LogP contribution in [0.2, 0.25) is 0 Å². The smallest absolute Gasteiger partial charge is 0.224 e. The monoisotopic (exact) mass is 304 g/mol. The number of hydrogen-bond donors (Lipinski definition) is 0. The fourth-order valence-electron chi connectivity index (χ4n) is 2.73. The van der Waals surface area contributed by atoms with Gasteiger partial charge in [-0.2, -0.15) is 0 Å². The first kappa shape index (κ1) is 18.4. The number of rotatable bonds is 5. The number of Topliss-reactive ketones (excluding diaryl/α,β-unsaturated/α-hetero) is 2. The van der Waals surface area contributed by atoms with Gasteiger partial charge in [-0.1, -0.05) is 39.3 Å². The Bertz CT molecular complexity index is 584. The first-order valence-corrected chi connectivity index (χ1v) is 7.76. The quantitative estimate of drug-likeness (QED) is 0.559. The summed E-state index contributed by atoms with van der Waals surface area (Å²) >= 11 is 0. The molecule has 0 aliphatic heterocycles. The van der Waals surface area contributed by atoms with Crippen molar-refractivity contribution >= 4 is 11.6 Å². The Morgan fingerprint density at radius 2 is 1.68 bits per heavy atom. The molecule has 1 rings (SSSR count). The zero-order valence-corrected chi connectivity index (χ0v) is 15.1. The topological polar surface area (TPSA) is 43.4 Å². The summed E-state index contributed by atoms with van der Waals surface area (Å²) in [5.41, 5.74) is 2.45. The predicted molar refractivity (Wildman–Crippen MR) is 89.4 cm³/mol. The molecule has 122 valence electrons. The van der Waals surface area contributed by atoms with E-state index in [1.807, 2.05) is 13.8 Å². The van der Waals surface area contributed by atoms with Gasteiger partial charge in [0.15, 0.2) is 11.5 Å². The highest BCUT2D eigenvalue weighted by molar-refractivity contribution is 6.24. The molecule has 1 aliphatic carbocycles. The van der Waals surface area contributed by atoms with E-state index in [1.165, 1.54) is 12.7 Å². The number of ether oxygens (including phenoxy) is 1. The van der Waals surface area contributed by atoms with Gasteiger partial charge in [-0.25, -0.2) is 0 Å². The molecule has 0 aromatic heterocycles. The summed E-state index contributed by atoms with van der Waals surface area (Å²) in [6.07, 6.45) is 2.91. The molecule has 0 spiro atoms. The fraction of sp³-hybridized carbons (Fsp3) is 0.579. The van der Waals surface area contributed by atoms with Crippen LogP contribution in [-0.4, -0.2) is 18.7 Å². The SMILES string of the molecule is COC1=C(C)C(=O)C(C(C)(C)C/C=C(\C)C(C)C)=C(C)C1=O. The van der Waals surface area contributed by atoms with Crippen molar-refractivity contribution in [2.75, 3.05) is 7.11 Å². The Morgan fingerprint density at radius 3 is 2.14 bits per heavy atom. The molecule has 0 radical (unpaired) electrons. The van der Waals surface area contributed by atoms with Gasteiger partial charge < -0.3 is 4.74 Å². The average molecular weight is 304 g/mol. The van der Waals surface area contributed by atoms with Crippen molar-refractivity contribution < 1.29 is 14.3 Å². The molecule has 0 heterocycles. The highest BCUT2D eigenvalue weighted by Crippen LogP contribution is 2.39. The van der Waals surface area contributed by atoms with Crippen molar-refractivity contribution in [3.05, 3.63) is 34.1 Å². The third-order valence-electron chi connectivity index (χ3n) is 4.56. The Hall–Kier alpha value is -1.64.